The molecule has 0 aliphatic heterocycles. The highest BCUT2D eigenvalue weighted by Gasteiger charge is 2.15. The summed E-state index contributed by atoms with van der Waals surface area (Å²) in [6, 6.07) is 7.15. The van der Waals surface area contributed by atoms with Gasteiger partial charge in [0.15, 0.2) is 0 Å². The minimum atomic E-state index is -0.572. The first-order valence-corrected chi connectivity index (χ1v) is 12.9. The van der Waals surface area contributed by atoms with Crippen molar-refractivity contribution in [3.63, 3.8) is 0 Å². The van der Waals surface area contributed by atoms with Crippen molar-refractivity contribution in [3.8, 4) is 0 Å². The Hall–Kier alpha value is -2.33. The Morgan fingerprint density at radius 2 is 1.38 bits per heavy atom. The molecule has 0 fully saturated rings. The Morgan fingerprint density at radius 1 is 0.812 bits per heavy atom. The van der Waals surface area contributed by atoms with Crippen molar-refractivity contribution in [1.29, 1.82) is 0 Å². The van der Waals surface area contributed by atoms with Gasteiger partial charge in [0.2, 0.25) is 0 Å². The summed E-state index contributed by atoms with van der Waals surface area (Å²) in [6.45, 7) is 2.23. The number of unbranched alkanes of at least 4 members (excludes halogenated alkanes) is 4. The SMILES string of the molecule is CCCCCC=CCC=CCC=CCC=CCCCC(=O)OC(=O)c1ccccc1SC. The summed E-state index contributed by atoms with van der Waals surface area (Å²) in [5.41, 5.74) is 0.439. The Bertz CT molecular complexity index is 775. The molecule has 0 unspecified atom stereocenters. The summed E-state index contributed by atoms with van der Waals surface area (Å²) in [5.74, 6) is -1.04. The second-order valence-electron chi connectivity index (χ2n) is 7.44. The molecule has 0 N–H and O–H groups in total. The van der Waals surface area contributed by atoms with Crippen molar-refractivity contribution in [3.05, 3.63) is 78.4 Å². The van der Waals surface area contributed by atoms with Crippen LogP contribution < -0.4 is 0 Å². The fraction of sp³-hybridized carbons (Fsp3) is 0.429. The Labute approximate surface area is 198 Å². The molecule has 0 aromatic heterocycles. The summed E-state index contributed by atoms with van der Waals surface area (Å²) in [4.78, 5) is 24.8. The lowest BCUT2D eigenvalue weighted by atomic mass is 10.2. The van der Waals surface area contributed by atoms with Gasteiger partial charge in [-0.3, -0.25) is 4.79 Å². The topological polar surface area (TPSA) is 43.4 Å². The summed E-state index contributed by atoms with van der Waals surface area (Å²) in [6.07, 6.45) is 29.0. The van der Waals surface area contributed by atoms with E-state index in [1.807, 2.05) is 18.4 Å². The molecule has 0 amide bonds. The zero-order valence-corrected chi connectivity index (χ0v) is 20.4. The maximum absolute atomic E-state index is 12.1. The third-order valence-electron chi connectivity index (χ3n) is 4.74. The minimum absolute atomic E-state index is 0.241. The highest BCUT2D eigenvalue weighted by atomic mass is 32.2. The Balaban J connectivity index is 2.08. The summed E-state index contributed by atoms with van der Waals surface area (Å²) >= 11 is 1.46. The van der Waals surface area contributed by atoms with Gasteiger partial charge in [-0.2, -0.15) is 0 Å². The average molecular weight is 455 g/mol. The molecule has 3 nitrogen and oxygen atoms in total. The molecule has 0 bridgehead atoms. The van der Waals surface area contributed by atoms with Crippen LogP contribution in [0.2, 0.25) is 0 Å². The van der Waals surface area contributed by atoms with Gasteiger partial charge in [0.25, 0.3) is 0 Å². The third kappa shape index (κ3) is 13.9. The molecule has 0 aliphatic carbocycles. The number of allylic oxidation sites excluding steroid dienone is 8. The van der Waals surface area contributed by atoms with E-state index in [4.69, 9.17) is 4.74 Å². The number of carbonyl (C=O) groups excluding carboxylic acids is 2. The van der Waals surface area contributed by atoms with Crippen LogP contribution in [0.1, 0.15) is 81.5 Å². The largest absolute Gasteiger partial charge is 0.389 e. The molecule has 1 aromatic rings. The summed E-state index contributed by atoms with van der Waals surface area (Å²) < 4.78 is 4.97. The average Bonchev–Trinajstić information content (AvgIpc) is 2.81. The number of thioether (sulfide) groups is 1. The molecule has 32 heavy (non-hydrogen) atoms. The second kappa shape index (κ2) is 19.4. The van der Waals surface area contributed by atoms with E-state index in [2.05, 4.69) is 55.5 Å². The molecule has 0 heterocycles. The molecule has 174 valence electrons. The van der Waals surface area contributed by atoms with Gasteiger partial charge in [-0.05, 0) is 63.3 Å². The number of rotatable bonds is 16. The fourth-order valence-corrected chi connectivity index (χ4v) is 3.53. The predicted octanol–water partition coefficient (Wildman–Crippen LogP) is 8.24. The maximum Gasteiger partial charge on any atom is 0.346 e. The number of esters is 2. The fourth-order valence-electron chi connectivity index (χ4n) is 2.95. The Morgan fingerprint density at radius 3 is 1.97 bits per heavy atom. The van der Waals surface area contributed by atoms with E-state index in [0.29, 0.717) is 12.0 Å². The number of benzene rings is 1. The molecule has 1 rings (SSSR count). The molecular weight excluding hydrogens is 416 g/mol. The van der Waals surface area contributed by atoms with Gasteiger partial charge in [0.05, 0.1) is 5.56 Å². The van der Waals surface area contributed by atoms with Crippen LogP contribution in [0.4, 0.5) is 0 Å². The van der Waals surface area contributed by atoms with Crippen LogP contribution >= 0.6 is 11.8 Å². The quantitative estimate of drug-likeness (QED) is 0.0829. The molecular formula is C28H38O3S. The summed E-state index contributed by atoms with van der Waals surface area (Å²) in [5, 5.41) is 0. The van der Waals surface area contributed by atoms with Crippen LogP contribution in [0.25, 0.3) is 0 Å². The van der Waals surface area contributed by atoms with E-state index in [-0.39, 0.29) is 6.42 Å². The van der Waals surface area contributed by atoms with Crippen molar-refractivity contribution in [2.45, 2.75) is 76.0 Å². The standard InChI is InChI=1S/C28H38O3S/c1-3-4-5-6-7-8-9-10-11-12-13-14-15-16-17-18-19-24-27(29)31-28(30)25-22-20-21-23-26(25)32-2/h7-8,10-11,13-14,16-17,20-23H,3-6,9,12,15,18-19,24H2,1-2H3. The summed E-state index contributed by atoms with van der Waals surface area (Å²) in [7, 11) is 0. The first-order chi connectivity index (χ1) is 15.7. The van der Waals surface area contributed by atoms with Gasteiger partial charge in [0.1, 0.15) is 0 Å². The zero-order valence-electron chi connectivity index (χ0n) is 19.6. The monoisotopic (exact) mass is 454 g/mol. The smallest absolute Gasteiger partial charge is 0.346 e. The van der Waals surface area contributed by atoms with Crippen molar-refractivity contribution in [1.82, 2.24) is 0 Å². The number of carbonyl (C=O) groups is 2. The van der Waals surface area contributed by atoms with Gasteiger partial charge in [0, 0.05) is 11.3 Å². The molecule has 1 aromatic carbocycles. The van der Waals surface area contributed by atoms with Crippen molar-refractivity contribution in [2.24, 2.45) is 0 Å². The first-order valence-electron chi connectivity index (χ1n) is 11.7. The van der Waals surface area contributed by atoms with E-state index >= 15 is 0 Å². The maximum atomic E-state index is 12.1. The number of hydrogen-bond acceptors (Lipinski definition) is 4. The van der Waals surface area contributed by atoms with Crippen molar-refractivity contribution in [2.75, 3.05) is 6.26 Å². The minimum Gasteiger partial charge on any atom is -0.389 e. The first kappa shape index (κ1) is 27.7. The van der Waals surface area contributed by atoms with Gasteiger partial charge >= 0.3 is 11.9 Å². The lowest BCUT2D eigenvalue weighted by Crippen LogP contribution is -2.13. The molecule has 0 spiro atoms. The van der Waals surface area contributed by atoms with Crippen LogP contribution in [0, 0.1) is 0 Å². The van der Waals surface area contributed by atoms with Crippen molar-refractivity contribution >= 4 is 23.7 Å². The van der Waals surface area contributed by atoms with E-state index in [1.54, 1.807) is 12.1 Å². The number of hydrogen-bond donors (Lipinski definition) is 0. The molecule has 0 saturated heterocycles. The van der Waals surface area contributed by atoms with Gasteiger partial charge in [-0.15, -0.1) is 11.8 Å². The van der Waals surface area contributed by atoms with Crippen LogP contribution in [0.3, 0.4) is 0 Å². The van der Waals surface area contributed by atoms with E-state index in [9.17, 15) is 9.59 Å². The predicted molar refractivity (Wildman–Crippen MR) is 137 cm³/mol. The van der Waals surface area contributed by atoms with E-state index < -0.39 is 11.9 Å². The van der Waals surface area contributed by atoms with E-state index in [0.717, 1.165) is 30.6 Å². The zero-order chi connectivity index (χ0) is 23.3. The number of ether oxygens (including phenoxy) is 1. The lowest BCUT2D eigenvalue weighted by Gasteiger charge is -2.06. The van der Waals surface area contributed by atoms with Gasteiger partial charge < -0.3 is 4.74 Å². The molecule has 0 saturated carbocycles. The lowest BCUT2D eigenvalue weighted by molar-refractivity contribution is -0.138. The molecule has 4 heteroatoms. The second-order valence-corrected chi connectivity index (χ2v) is 8.29. The highest BCUT2D eigenvalue weighted by Crippen LogP contribution is 2.20. The van der Waals surface area contributed by atoms with Crippen LogP contribution in [-0.4, -0.2) is 18.2 Å². The van der Waals surface area contributed by atoms with Gasteiger partial charge in [-0.1, -0.05) is 80.5 Å². The van der Waals surface area contributed by atoms with Crippen molar-refractivity contribution < 1.29 is 14.3 Å². The Kier molecular flexibility index (Phi) is 16.8. The third-order valence-corrected chi connectivity index (χ3v) is 5.54. The molecule has 0 atom stereocenters. The molecule has 0 radical (unpaired) electrons. The molecule has 0 aliphatic rings. The van der Waals surface area contributed by atoms with Crippen LogP contribution in [0.15, 0.2) is 77.8 Å². The normalized spacial score (nSPS) is 11.9. The van der Waals surface area contributed by atoms with Gasteiger partial charge in [-0.25, -0.2) is 4.79 Å². The van der Waals surface area contributed by atoms with E-state index in [1.165, 1.54) is 37.4 Å². The van der Waals surface area contributed by atoms with Crippen LogP contribution in [0.5, 0.6) is 0 Å². The highest BCUT2D eigenvalue weighted by molar-refractivity contribution is 7.98. The van der Waals surface area contributed by atoms with Crippen LogP contribution in [-0.2, 0) is 9.53 Å².